The van der Waals surface area contributed by atoms with Gasteiger partial charge in [0.2, 0.25) is 5.91 Å². The van der Waals surface area contributed by atoms with Gasteiger partial charge in [0.05, 0.1) is 6.61 Å². The van der Waals surface area contributed by atoms with E-state index in [1.54, 1.807) is 24.2 Å². The number of carbonyl (C=O) groups excluding carboxylic acids is 1. The number of aliphatic hydroxyl groups is 1. The lowest BCUT2D eigenvalue weighted by atomic mass is 10.0. The van der Waals surface area contributed by atoms with Crippen LogP contribution in [0.4, 0.5) is 5.69 Å². The van der Waals surface area contributed by atoms with E-state index in [-0.39, 0.29) is 17.9 Å². The molecule has 2 aromatic rings. The largest absolute Gasteiger partial charge is 0.392 e. The molecule has 0 radical (unpaired) electrons. The Bertz CT molecular complexity index is 810. The van der Waals surface area contributed by atoms with Gasteiger partial charge in [0.1, 0.15) is 12.0 Å². The monoisotopic (exact) mass is 373 g/mol. The van der Waals surface area contributed by atoms with Crippen LogP contribution in [0.5, 0.6) is 5.75 Å². The summed E-state index contributed by atoms with van der Waals surface area (Å²) < 4.78 is 0. The Morgan fingerprint density at radius 3 is 2.81 bits per heavy atom. The first-order valence-corrected chi connectivity index (χ1v) is 8.87. The number of pyridine rings is 1. The minimum atomic E-state index is -0.333. The molecule has 136 valence electrons. The van der Waals surface area contributed by atoms with E-state index in [9.17, 15) is 9.90 Å². The van der Waals surface area contributed by atoms with Crippen molar-refractivity contribution in [1.29, 1.82) is 0 Å². The van der Waals surface area contributed by atoms with Gasteiger partial charge in [0.15, 0.2) is 5.75 Å². The summed E-state index contributed by atoms with van der Waals surface area (Å²) in [6.45, 7) is 1.62. The summed E-state index contributed by atoms with van der Waals surface area (Å²) in [4.78, 5) is 25.6. The van der Waals surface area contributed by atoms with Crippen LogP contribution in [0.1, 0.15) is 29.0 Å². The fourth-order valence-corrected chi connectivity index (χ4v) is 3.74. The Morgan fingerprint density at radius 1 is 1.38 bits per heavy atom. The third-order valence-corrected chi connectivity index (χ3v) is 4.86. The van der Waals surface area contributed by atoms with Crippen molar-refractivity contribution >= 4 is 23.4 Å². The van der Waals surface area contributed by atoms with Gasteiger partial charge in [-0.1, -0.05) is 0 Å². The van der Waals surface area contributed by atoms with Crippen molar-refractivity contribution in [3.8, 4) is 5.75 Å². The number of amides is 1. The Morgan fingerprint density at radius 2 is 2.12 bits per heavy atom. The molecule has 7 nitrogen and oxygen atoms in total. The van der Waals surface area contributed by atoms with E-state index in [1.807, 2.05) is 30.5 Å². The summed E-state index contributed by atoms with van der Waals surface area (Å²) in [7, 11) is 0. The topological polar surface area (TPSA) is 97.9 Å². The number of benzene rings is 1. The summed E-state index contributed by atoms with van der Waals surface area (Å²) >= 11 is 1.72. The number of nitrogens with zero attached hydrogens (tertiary/aromatic N) is 2. The molecule has 3 N–H and O–H groups in total. The number of hydrogen-bond acceptors (Lipinski definition) is 7. The molecule has 2 aliphatic heterocycles. The second kappa shape index (κ2) is 8.22. The number of primary amides is 1. The lowest BCUT2D eigenvalue weighted by molar-refractivity contribution is -0.194. The van der Waals surface area contributed by atoms with Crippen molar-refractivity contribution in [1.82, 2.24) is 4.98 Å². The molecule has 26 heavy (non-hydrogen) atoms. The van der Waals surface area contributed by atoms with Crippen LogP contribution in [-0.4, -0.2) is 16.0 Å². The van der Waals surface area contributed by atoms with E-state index in [0.29, 0.717) is 12.4 Å². The minimum Gasteiger partial charge on any atom is -0.392 e. The van der Waals surface area contributed by atoms with Crippen LogP contribution in [0.2, 0.25) is 0 Å². The minimum absolute atomic E-state index is 0.0523. The maximum absolute atomic E-state index is 9.82. The number of fused-ring (bicyclic) bond motifs is 1. The number of rotatable bonds is 3. The molecular weight excluding hydrogens is 354 g/mol. The molecule has 0 fully saturated rings. The molecule has 1 unspecified atom stereocenters. The molecule has 0 spiro atoms. The highest BCUT2D eigenvalue weighted by Gasteiger charge is 2.28. The number of nitrogens with two attached hydrogens (primary N) is 1. The van der Waals surface area contributed by atoms with Crippen molar-refractivity contribution < 1.29 is 19.7 Å². The standard InChI is InChI=1S/C16H14N2O3S.C2H5NO/c19-9-12-13-10-20-21-15(13)2-1-14(12)18-7-8-22-16(18)11-3-5-17-6-4-11;1-2(3)4/h1-8,16,19H,9-10H2;1H3,(H2,3,4). The van der Waals surface area contributed by atoms with Gasteiger partial charge in [0.25, 0.3) is 0 Å². The third kappa shape index (κ3) is 3.82. The van der Waals surface area contributed by atoms with Gasteiger partial charge >= 0.3 is 0 Å². The average Bonchev–Trinajstić information content (AvgIpc) is 3.30. The van der Waals surface area contributed by atoms with Crippen molar-refractivity contribution in [2.45, 2.75) is 25.5 Å². The van der Waals surface area contributed by atoms with Gasteiger partial charge in [-0.2, -0.15) is 4.89 Å². The maximum Gasteiger partial charge on any atom is 0.214 e. The zero-order valence-corrected chi connectivity index (χ0v) is 15.0. The number of anilines is 1. The molecule has 8 heteroatoms. The second-order valence-corrected chi connectivity index (χ2v) is 6.61. The van der Waals surface area contributed by atoms with E-state index in [0.717, 1.165) is 16.8 Å². The molecule has 1 amide bonds. The molecule has 1 aromatic carbocycles. The summed E-state index contributed by atoms with van der Waals surface area (Å²) in [5.41, 5.74) is 8.38. The third-order valence-electron chi connectivity index (χ3n) is 3.82. The highest BCUT2D eigenvalue weighted by atomic mass is 32.2. The normalized spacial score (nSPS) is 17.3. The van der Waals surface area contributed by atoms with Gasteiger partial charge in [-0.25, -0.2) is 0 Å². The van der Waals surface area contributed by atoms with Crippen LogP contribution in [0.25, 0.3) is 0 Å². The molecule has 1 aromatic heterocycles. The molecule has 4 rings (SSSR count). The lowest BCUT2D eigenvalue weighted by Crippen LogP contribution is -2.19. The van der Waals surface area contributed by atoms with Gasteiger partial charge in [-0.05, 0) is 35.2 Å². The first-order chi connectivity index (χ1) is 12.6. The quantitative estimate of drug-likeness (QED) is 0.798. The first kappa shape index (κ1) is 18.2. The molecule has 2 aliphatic rings. The molecule has 3 heterocycles. The Balaban J connectivity index is 0.000000447. The fourth-order valence-electron chi connectivity index (χ4n) is 2.76. The van der Waals surface area contributed by atoms with Crippen LogP contribution >= 0.6 is 11.8 Å². The van der Waals surface area contributed by atoms with E-state index < -0.39 is 0 Å². The van der Waals surface area contributed by atoms with Crippen LogP contribution in [0.15, 0.2) is 48.3 Å². The van der Waals surface area contributed by atoms with Crippen LogP contribution in [-0.2, 0) is 22.9 Å². The van der Waals surface area contributed by atoms with E-state index >= 15 is 0 Å². The second-order valence-electron chi connectivity index (χ2n) is 5.62. The van der Waals surface area contributed by atoms with E-state index in [2.05, 4.69) is 21.0 Å². The van der Waals surface area contributed by atoms with Crippen molar-refractivity contribution in [2.75, 3.05) is 4.90 Å². The fraction of sp³-hybridized carbons (Fsp3) is 0.222. The summed E-state index contributed by atoms with van der Waals surface area (Å²) in [6, 6.07) is 7.87. The van der Waals surface area contributed by atoms with Crippen molar-refractivity contribution in [3.63, 3.8) is 0 Å². The lowest BCUT2D eigenvalue weighted by Gasteiger charge is -2.27. The first-order valence-electron chi connectivity index (χ1n) is 7.93. The summed E-state index contributed by atoms with van der Waals surface area (Å²) in [6.07, 6.45) is 5.63. The number of aromatic nitrogens is 1. The predicted molar refractivity (Wildman–Crippen MR) is 98.8 cm³/mol. The number of aliphatic hydroxyl groups excluding tert-OH is 1. The number of hydrogen-bond donors (Lipinski definition) is 2. The maximum atomic E-state index is 9.82. The summed E-state index contributed by atoms with van der Waals surface area (Å²) in [5.74, 6) is 0.351. The molecule has 1 atom stereocenters. The molecule has 0 bridgehead atoms. The zero-order chi connectivity index (χ0) is 18.5. The molecule has 0 saturated heterocycles. The highest BCUT2D eigenvalue weighted by molar-refractivity contribution is 8.02. The van der Waals surface area contributed by atoms with E-state index in [4.69, 9.17) is 9.78 Å². The predicted octanol–water partition coefficient (Wildman–Crippen LogP) is 2.61. The van der Waals surface area contributed by atoms with Crippen LogP contribution in [0.3, 0.4) is 0 Å². The van der Waals surface area contributed by atoms with Crippen LogP contribution < -0.4 is 15.5 Å². The van der Waals surface area contributed by atoms with Crippen molar-refractivity contribution in [2.24, 2.45) is 5.73 Å². The van der Waals surface area contributed by atoms with E-state index in [1.165, 1.54) is 12.5 Å². The zero-order valence-electron chi connectivity index (χ0n) is 14.2. The van der Waals surface area contributed by atoms with Crippen molar-refractivity contribution in [3.05, 3.63) is 65.0 Å². The van der Waals surface area contributed by atoms with Gasteiger partial charge in [-0.15, -0.1) is 11.8 Å². The molecule has 0 saturated carbocycles. The highest BCUT2D eigenvalue weighted by Crippen LogP contribution is 2.45. The molecule has 0 aliphatic carbocycles. The Kier molecular flexibility index (Phi) is 5.77. The Hall–Kier alpha value is -2.55. The number of carbonyl (C=O) groups is 1. The molecular formula is C18H19N3O4S. The van der Waals surface area contributed by atoms with Crippen LogP contribution in [0, 0.1) is 0 Å². The average molecular weight is 373 g/mol. The number of thioether (sulfide) groups is 1. The Labute approximate surface area is 155 Å². The van der Waals surface area contributed by atoms with Gasteiger partial charge in [0, 0.05) is 42.3 Å². The van der Waals surface area contributed by atoms with Gasteiger partial charge < -0.3 is 20.6 Å². The van der Waals surface area contributed by atoms with Gasteiger partial charge in [-0.3, -0.25) is 9.78 Å². The smallest absolute Gasteiger partial charge is 0.214 e. The summed E-state index contributed by atoms with van der Waals surface area (Å²) in [5, 5.41) is 12.0. The SMILES string of the molecule is CC(N)=O.OCc1c(N2C=CSC2c2ccncc2)ccc2c1COO2.